The van der Waals surface area contributed by atoms with E-state index in [2.05, 4.69) is 0 Å². The van der Waals surface area contributed by atoms with Gasteiger partial charge >= 0.3 is 5.97 Å². The van der Waals surface area contributed by atoms with Crippen molar-refractivity contribution in [2.75, 3.05) is 33.1 Å². The summed E-state index contributed by atoms with van der Waals surface area (Å²) in [6.45, 7) is 1.84. The van der Waals surface area contributed by atoms with Gasteiger partial charge in [-0.05, 0) is 33.2 Å². The van der Waals surface area contributed by atoms with Gasteiger partial charge in [-0.2, -0.15) is 0 Å². The Labute approximate surface area is 103 Å². The minimum atomic E-state index is -0.296. The number of esters is 1. The summed E-state index contributed by atoms with van der Waals surface area (Å²) in [6, 6.07) is 7.42. The van der Waals surface area contributed by atoms with Gasteiger partial charge in [0, 0.05) is 14.1 Å². The first kappa shape index (κ1) is 13.5. The fourth-order valence-corrected chi connectivity index (χ4v) is 1.36. The van der Waals surface area contributed by atoms with Gasteiger partial charge in [0.05, 0.1) is 11.3 Å². The molecule has 0 fully saturated rings. The van der Waals surface area contributed by atoms with Crippen molar-refractivity contribution < 1.29 is 9.53 Å². The van der Waals surface area contributed by atoms with E-state index in [0.29, 0.717) is 5.56 Å². The van der Waals surface area contributed by atoms with Gasteiger partial charge in [-0.1, -0.05) is 12.1 Å². The third kappa shape index (κ3) is 3.46. The van der Waals surface area contributed by atoms with E-state index in [1.807, 2.05) is 63.1 Å². The van der Waals surface area contributed by atoms with Gasteiger partial charge in [-0.25, -0.2) is 4.79 Å². The largest absolute Gasteiger partial charge is 0.443 e. The lowest BCUT2D eigenvalue weighted by atomic mass is 10.1. The predicted octanol–water partition coefficient (Wildman–Crippen LogP) is 1.82. The minimum Gasteiger partial charge on any atom is -0.443 e. The Kier molecular flexibility index (Phi) is 4.52. The molecule has 17 heavy (non-hydrogen) atoms. The molecule has 0 aliphatic heterocycles. The highest BCUT2D eigenvalue weighted by Crippen LogP contribution is 2.19. The standard InChI is InChI=1S/C13H20N2O2/c1-10(14(2)3)17-13(16)11-8-6-7-9-12(11)15(4)5/h6-10H,1-5H3. The van der Waals surface area contributed by atoms with Crippen LogP contribution in [0.25, 0.3) is 0 Å². The third-order valence-corrected chi connectivity index (χ3v) is 2.61. The summed E-state index contributed by atoms with van der Waals surface area (Å²) in [7, 11) is 7.55. The van der Waals surface area contributed by atoms with Crippen LogP contribution < -0.4 is 4.90 Å². The van der Waals surface area contributed by atoms with E-state index in [-0.39, 0.29) is 12.2 Å². The van der Waals surface area contributed by atoms with E-state index in [1.54, 1.807) is 6.07 Å². The van der Waals surface area contributed by atoms with E-state index >= 15 is 0 Å². The lowest BCUT2D eigenvalue weighted by molar-refractivity contribution is -0.00539. The molecule has 0 saturated carbocycles. The van der Waals surface area contributed by atoms with Crippen molar-refractivity contribution in [2.45, 2.75) is 13.2 Å². The second-order valence-electron chi connectivity index (χ2n) is 4.38. The number of rotatable bonds is 4. The fraction of sp³-hybridized carbons (Fsp3) is 0.462. The van der Waals surface area contributed by atoms with Crippen molar-refractivity contribution in [1.29, 1.82) is 0 Å². The van der Waals surface area contributed by atoms with Gasteiger partial charge in [0.1, 0.15) is 0 Å². The SMILES string of the molecule is CC(OC(=O)c1ccccc1N(C)C)N(C)C. The molecule has 0 radical (unpaired) electrons. The molecule has 94 valence electrons. The molecule has 0 bridgehead atoms. The summed E-state index contributed by atoms with van der Waals surface area (Å²) in [5.41, 5.74) is 1.45. The monoisotopic (exact) mass is 236 g/mol. The van der Waals surface area contributed by atoms with Crippen LogP contribution in [0.4, 0.5) is 5.69 Å². The first-order chi connectivity index (χ1) is 7.93. The lowest BCUT2D eigenvalue weighted by Gasteiger charge is -2.22. The van der Waals surface area contributed by atoms with Crippen LogP contribution >= 0.6 is 0 Å². The molecular weight excluding hydrogens is 216 g/mol. The van der Waals surface area contributed by atoms with E-state index in [1.165, 1.54) is 0 Å². The van der Waals surface area contributed by atoms with Gasteiger partial charge in [-0.3, -0.25) is 4.90 Å². The molecule has 0 aliphatic rings. The number of para-hydroxylation sites is 1. The van der Waals surface area contributed by atoms with Gasteiger partial charge < -0.3 is 9.64 Å². The van der Waals surface area contributed by atoms with Crippen LogP contribution in [-0.2, 0) is 4.74 Å². The normalized spacial score (nSPS) is 12.4. The highest BCUT2D eigenvalue weighted by atomic mass is 16.6. The van der Waals surface area contributed by atoms with Gasteiger partial charge in [-0.15, -0.1) is 0 Å². The van der Waals surface area contributed by atoms with Crippen molar-refractivity contribution in [2.24, 2.45) is 0 Å². The lowest BCUT2D eigenvalue weighted by Crippen LogP contribution is -2.30. The van der Waals surface area contributed by atoms with Crippen molar-refractivity contribution in [3.63, 3.8) is 0 Å². The maximum atomic E-state index is 12.0. The molecule has 0 aromatic heterocycles. The Morgan fingerprint density at radius 1 is 1.18 bits per heavy atom. The number of carbonyl (C=O) groups is 1. The van der Waals surface area contributed by atoms with E-state index in [9.17, 15) is 4.79 Å². The Balaban J connectivity index is 2.89. The van der Waals surface area contributed by atoms with Crippen LogP contribution in [0.1, 0.15) is 17.3 Å². The zero-order chi connectivity index (χ0) is 13.0. The van der Waals surface area contributed by atoms with Crippen molar-refractivity contribution >= 4 is 11.7 Å². The molecule has 0 N–H and O–H groups in total. The number of ether oxygens (including phenoxy) is 1. The zero-order valence-electron chi connectivity index (χ0n) is 11.1. The Hall–Kier alpha value is -1.55. The average Bonchev–Trinajstić information content (AvgIpc) is 2.28. The van der Waals surface area contributed by atoms with Crippen LogP contribution in [0.3, 0.4) is 0 Å². The molecule has 0 amide bonds. The second-order valence-corrected chi connectivity index (χ2v) is 4.38. The molecule has 4 nitrogen and oxygen atoms in total. The van der Waals surface area contributed by atoms with Crippen LogP contribution in [-0.4, -0.2) is 45.3 Å². The van der Waals surface area contributed by atoms with Crippen LogP contribution in [0.2, 0.25) is 0 Å². The van der Waals surface area contributed by atoms with Crippen LogP contribution in [0.5, 0.6) is 0 Å². The molecule has 1 aromatic carbocycles. The van der Waals surface area contributed by atoms with E-state index in [0.717, 1.165) is 5.69 Å². The summed E-state index contributed by atoms with van der Waals surface area (Å²) < 4.78 is 5.35. The summed E-state index contributed by atoms with van der Waals surface area (Å²) in [5, 5.41) is 0. The molecule has 0 saturated heterocycles. The fourth-order valence-electron chi connectivity index (χ4n) is 1.36. The molecule has 1 unspecified atom stereocenters. The Bertz CT molecular complexity index is 389. The number of carbonyl (C=O) groups excluding carboxylic acids is 1. The molecule has 4 heteroatoms. The maximum absolute atomic E-state index is 12.0. The molecule has 0 aliphatic carbocycles. The summed E-state index contributed by atoms with van der Waals surface area (Å²) >= 11 is 0. The molecular formula is C13H20N2O2. The summed E-state index contributed by atoms with van der Waals surface area (Å²) in [4.78, 5) is 15.8. The molecule has 0 spiro atoms. The van der Waals surface area contributed by atoms with E-state index in [4.69, 9.17) is 4.74 Å². The smallest absolute Gasteiger partial charge is 0.341 e. The molecule has 1 aromatic rings. The highest BCUT2D eigenvalue weighted by Gasteiger charge is 2.17. The van der Waals surface area contributed by atoms with Crippen LogP contribution in [0.15, 0.2) is 24.3 Å². The summed E-state index contributed by atoms with van der Waals surface area (Å²) in [6.07, 6.45) is -0.238. The predicted molar refractivity (Wildman–Crippen MR) is 69.3 cm³/mol. The van der Waals surface area contributed by atoms with Crippen molar-refractivity contribution in [3.8, 4) is 0 Å². The highest BCUT2D eigenvalue weighted by molar-refractivity contribution is 5.95. The maximum Gasteiger partial charge on any atom is 0.341 e. The quantitative estimate of drug-likeness (QED) is 0.589. The number of hydrogen-bond acceptors (Lipinski definition) is 4. The summed E-state index contributed by atoms with van der Waals surface area (Å²) in [5.74, 6) is -0.296. The zero-order valence-corrected chi connectivity index (χ0v) is 11.1. The first-order valence-electron chi connectivity index (χ1n) is 5.57. The number of anilines is 1. The van der Waals surface area contributed by atoms with Gasteiger partial charge in [0.2, 0.25) is 0 Å². The Morgan fingerprint density at radius 2 is 1.76 bits per heavy atom. The average molecular weight is 236 g/mol. The molecule has 1 rings (SSSR count). The molecule has 0 heterocycles. The topological polar surface area (TPSA) is 32.8 Å². The van der Waals surface area contributed by atoms with Crippen LogP contribution in [0, 0.1) is 0 Å². The Morgan fingerprint density at radius 3 is 2.29 bits per heavy atom. The number of nitrogens with zero attached hydrogens (tertiary/aromatic N) is 2. The number of benzene rings is 1. The van der Waals surface area contributed by atoms with Crippen molar-refractivity contribution in [1.82, 2.24) is 4.90 Å². The van der Waals surface area contributed by atoms with Crippen molar-refractivity contribution in [3.05, 3.63) is 29.8 Å². The van der Waals surface area contributed by atoms with E-state index < -0.39 is 0 Å². The van der Waals surface area contributed by atoms with Gasteiger partial charge in [0.15, 0.2) is 6.23 Å². The first-order valence-corrected chi connectivity index (χ1v) is 5.57. The second kappa shape index (κ2) is 5.68. The number of hydrogen-bond donors (Lipinski definition) is 0. The van der Waals surface area contributed by atoms with Gasteiger partial charge in [0.25, 0.3) is 0 Å². The molecule has 1 atom stereocenters. The minimum absolute atomic E-state index is 0.238. The third-order valence-electron chi connectivity index (χ3n) is 2.61.